The molecule has 0 radical (unpaired) electrons. The number of hydrogen-bond acceptors (Lipinski definition) is 4. The normalized spacial score (nSPS) is 11.0. The van der Waals surface area contributed by atoms with E-state index in [1.807, 2.05) is 0 Å². The first kappa shape index (κ1) is 16.0. The number of aromatic nitrogens is 2. The highest BCUT2D eigenvalue weighted by atomic mass is 19.2. The maximum atomic E-state index is 13.5. The average Bonchev–Trinajstić information content (AvgIpc) is 2.91. The lowest BCUT2D eigenvalue weighted by atomic mass is 10.1. The highest BCUT2D eigenvalue weighted by Crippen LogP contribution is 2.26. The van der Waals surface area contributed by atoms with Gasteiger partial charge in [0.25, 0.3) is 11.6 Å². The molecule has 7 heteroatoms. The molecule has 0 aliphatic carbocycles. The molecular formula is C17H15F2N3O2. The van der Waals surface area contributed by atoms with Crippen molar-refractivity contribution in [2.75, 3.05) is 11.4 Å². The lowest BCUT2D eigenvalue weighted by Gasteiger charge is -2.21. The summed E-state index contributed by atoms with van der Waals surface area (Å²) in [5, 5.41) is 4.37. The molecule has 5 nitrogen and oxygen atoms in total. The van der Waals surface area contributed by atoms with Gasteiger partial charge in [-0.25, -0.2) is 13.8 Å². The summed E-state index contributed by atoms with van der Waals surface area (Å²) in [6.07, 6.45) is 0. The Kier molecular flexibility index (Phi) is 4.01. The van der Waals surface area contributed by atoms with Gasteiger partial charge in [0.05, 0.1) is 16.6 Å². The van der Waals surface area contributed by atoms with Crippen LogP contribution in [0.25, 0.3) is 11.1 Å². The molecule has 0 atom stereocenters. The second-order valence-electron chi connectivity index (χ2n) is 5.41. The van der Waals surface area contributed by atoms with Gasteiger partial charge in [0.2, 0.25) is 0 Å². The number of carbonyl (C=O) groups is 1. The molecule has 0 saturated carbocycles. The minimum Gasteiger partial charge on any atom is -0.336 e. The molecule has 2 aromatic heterocycles. The minimum absolute atomic E-state index is 0.275. The van der Waals surface area contributed by atoms with Crippen LogP contribution in [0.4, 0.5) is 14.5 Å². The summed E-state index contributed by atoms with van der Waals surface area (Å²) in [5.41, 5.74) is 2.06. The second-order valence-corrected chi connectivity index (χ2v) is 5.41. The number of nitrogens with zero attached hydrogens (tertiary/aromatic N) is 3. The molecule has 0 N–H and O–H groups in total. The Morgan fingerprint density at radius 1 is 1.21 bits per heavy atom. The van der Waals surface area contributed by atoms with Gasteiger partial charge in [0, 0.05) is 24.0 Å². The molecule has 0 fully saturated rings. The maximum Gasteiger partial charge on any atom is 0.259 e. The van der Waals surface area contributed by atoms with Crippen molar-refractivity contribution in [1.29, 1.82) is 0 Å². The van der Waals surface area contributed by atoms with Gasteiger partial charge in [-0.05, 0) is 39.0 Å². The van der Waals surface area contributed by atoms with Crippen molar-refractivity contribution < 1.29 is 18.1 Å². The molecule has 2 heterocycles. The van der Waals surface area contributed by atoms with Crippen LogP contribution in [0.15, 0.2) is 28.8 Å². The quantitative estimate of drug-likeness (QED) is 0.733. The number of rotatable bonds is 3. The molecule has 0 spiro atoms. The Labute approximate surface area is 136 Å². The fourth-order valence-electron chi connectivity index (χ4n) is 2.63. The molecule has 3 aromatic rings. The van der Waals surface area contributed by atoms with Crippen molar-refractivity contribution in [3.63, 3.8) is 0 Å². The molecule has 3 rings (SSSR count). The lowest BCUT2D eigenvalue weighted by molar-refractivity contribution is 0.0989. The van der Waals surface area contributed by atoms with E-state index in [2.05, 4.69) is 10.1 Å². The number of amides is 1. The number of benzene rings is 1. The zero-order valence-corrected chi connectivity index (χ0v) is 13.4. The Balaban J connectivity index is 2.12. The first-order valence-corrected chi connectivity index (χ1v) is 7.43. The third kappa shape index (κ3) is 2.62. The van der Waals surface area contributed by atoms with Gasteiger partial charge in [-0.2, -0.15) is 0 Å². The number of hydrogen-bond donors (Lipinski definition) is 0. The summed E-state index contributed by atoms with van der Waals surface area (Å²) in [7, 11) is 0. The van der Waals surface area contributed by atoms with Crippen molar-refractivity contribution in [3.05, 3.63) is 52.9 Å². The number of carbonyl (C=O) groups excluding carboxylic acids is 1. The fourth-order valence-corrected chi connectivity index (χ4v) is 2.63. The van der Waals surface area contributed by atoms with E-state index in [0.717, 1.165) is 12.1 Å². The first-order chi connectivity index (χ1) is 11.4. The number of aryl methyl sites for hydroxylation is 2. The van der Waals surface area contributed by atoms with E-state index in [1.54, 1.807) is 26.8 Å². The number of fused-ring (bicyclic) bond motifs is 1. The first-order valence-electron chi connectivity index (χ1n) is 7.43. The molecular weight excluding hydrogens is 316 g/mol. The summed E-state index contributed by atoms with van der Waals surface area (Å²) in [5.74, 6) is -2.32. The highest BCUT2D eigenvalue weighted by molar-refractivity contribution is 6.13. The van der Waals surface area contributed by atoms with Gasteiger partial charge in [0.1, 0.15) is 0 Å². The number of pyridine rings is 1. The van der Waals surface area contributed by atoms with Crippen molar-refractivity contribution in [2.24, 2.45) is 0 Å². The average molecular weight is 331 g/mol. The Morgan fingerprint density at radius 3 is 2.62 bits per heavy atom. The molecule has 0 saturated heterocycles. The largest absolute Gasteiger partial charge is 0.336 e. The molecule has 124 valence electrons. The van der Waals surface area contributed by atoms with Gasteiger partial charge in [0.15, 0.2) is 11.6 Å². The molecule has 0 bridgehead atoms. The maximum absolute atomic E-state index is 13.5. The van der Waals surface area contributed by atoms with Crippen LogP contribution in [0.2, 0.25) is 0 Å². The fraction of sp³-hybridized carbons (Fsp3) is 0.235. The van der Waals surface area contributed by atoms with Gasteiger partial charge in [-0.3, -0.25) is 4.79 Å². The monoisotopic (exact) mass is 331 g/mol. The number of anilines is 1. The van der Waals surface area contributed by atoms with E-state index in [-0.39, 0.29) is 23.9 Å². The minimum atomic E-state index is -1.00. The highest BCUT2D eigenvalue weighted by Gasteiger charge is 2.23. The Bertz CT molecular complexity index is 937. The Morgan fingerprint density at radius 2 is 1.96 bits per heavy atom. The predicted octanol–water partition coefficient (Wildman–Crippen LogP) is 3.78. The van der Waals surface area contributed by atoms with E-state index in [4.69, 9.17) is 4.52 Å². The van der Waals surface area contributed by atoms with E-state index < -0.39 is 11.6 Å². The summed E-state index contributed by atoms with van der Waals surface area (Å²) < 4.78 is 31.8. The standard InChI is InChI=1S/C17H15F2N3O2/c1-4-22(11-5-6-13(18)14(19)8-11)17(23)12-7-9(2)20-16-15(12)10(3)21-24-16/h5-8H,4H2,1-3H3. The topological polar surface area (TPSA) is 59.2 Å². The van der Waals surface area contributed by atoms with Crippen LogP contribution in [0, 0.1) is 25.5 Å². The van der Waals surface area contributed by atoms with Crippen LogP contribution in [0.1, 0.15) is 28.7 Å². The van der Waals surface area contributed by atoms with Crippen LogP contribution in [-0.2, 0) is 0 Å². The van der Waals surface area contributed by atoms with Gasteiger partial charge < -0.3 is 9.42 Å². The second kappa shape index (κ2) is 5.99. The van der Waals surface area contributed by atoms with Crippen molar-refractivity contribution >= 4 is 22.7 Å². The van der Waals surface area contributed by atoms with Crippen molar-refractivity contribution in [3.8, 4) is 0 Å². The molecule has 24 heavy (non-hydrogen) atoms. The van der Waals surface area contributed by atoms with Crippen LogP contribution in [0.5, 0.6) is 0 Å². The summed E-state index contributed by atoms with van der Waals surface area (Å²) in [6, 6.07) is 5.00. The third-order valence-electron chi connectivity index (χ3n) is 3.75. The summed E-state index contributed by atoms with van der Waals surface area (Å²) in [6.45, 7) is 5.50. The van der Waals surface area contributed by atoms with Crippen LogP contribution < -0.4 is 4.90 Å². The summed E-state index contributed by atoms with van der Waals surface area (Å²) in [4.78, 5) is 18.6. The van der Waals surface area contributed by atoms with E-state index >= 15 is 0 Å². The van der Waals surface area contributed by atoms with E-state index in [0.29, 0.717) is 22.3 Å². The molecule has 0 aliphatic heterocycles. The SMILES string of the molecule is CCN(C(=O)c1cc(C)nc2onc(C)c12)c1ccc(F)c(F)c1. The zero-order valence-electron chi connectivity index (χ0n) is 13.4. The molecule has 0 aliphatic rings. The zero-order chi connectivity index (χ0) is 17.4. The smallest absolute Gasteiger partial charge is 0.259 e. The van der Waals surface area contributed by atoms with Crippen molar-refractivity contribution in [1.82, 2.24) is 10.1 Å². The molecule has 0 unspecified atom stereocenters. The van der Waals surface area contributed by atoms with Gasteiger partial charge in [-0.15, -0.1) is 0 Å². The van der Waals surface area contributed by atoms with Gasteiger partial charge in [-0.1, -0.05) is 5.16 Å². The lowest BCUT2D eigenvalue weighted by Crippen LogP contribution is -2.31. The summed E-state index contributed by atoms with van der Waals surface area (Å²) >= 11 is 0. The predicted molar refractivity (Wildman–Crippen MR) is 85.0 cm³/mol. The number of halogens is 2. The Hall–Kier alpha value is -2.83. The van der Waals surface area contributed by atoms with Crippen LogP contribution >= 0.6 is 0 Å². The van der Waals surface area contributed by atoms with Gasteiger partial charge >= 0.3 is 0 Å². The van der Waals surface area contributed by atoms with Crippen LogP contribution in [-0.4, -0.2) is 22.6 Å². The molecule has 1 amide bonds. The van der Waals surface area contributed by atoms with E-state index in [1.165, 1.54) is 11.0 Å². The van der Waals surface area contributed by atoms with Crippen LogP contribution in [0.3, 0.4) is 0 Å². The molecule has 1 aromatic carbocycles. The van der Waals surface area contributed by atoms with E-state index in [9.17, 15) is 13.6 Å². The van der Waals surface area contributed by atoms with Crippen molar-refractivity contribution in [2.45, 2.75) is 20.8 Å². The third-order valence-corrected chi connectivity index (χ3v) is 3.75.